The number of pyridine rings is 3. The number of rotatable bonds is 9. The molecular weight excluding hydrogens is 607 g/mol. The van der Waals surface area contributed by atoms with Crippen LogP contribution >= 0.6 is 0 Å². The number of hydrogen-bond acceptors (Lipinski definition) is 11. The van der Waals surface area contributed by atoms with Gasteiger partial charge in [0.2, 0.25) is 11.8 Å². The van der Waals surface area contributed by atoms with Gasteiger partial charge in [0.25, 0.3) is 5.56 Å². The minimum atomic E-state index is -4.68. The van der Waals surface area contributed by atoms with E-state index in [4.69, 9.17) is 19.6 Å². The van der Waals surface area contributed by atoms with Gasteiger partial charge in [0.15, 0.2) is 11.4 Å². The molecule has 5 rings (SSSR count). The van der Waals surface area contributed by atoms with Crippen LogP contribution in [0, 0.1) is 16.7 Å². The molecular formula is C30H26F3N9O4. The Morgan fingerprint density at radius 3 is 2.48 bits per heavy atom. The predicted molar refractivity (Wildman–Crippen MR) is 162 cm³/mol. The molecule has 13 nitrogen and oxygen atoms in total. The number of aromatic nitrogens is 5. The zero-order valence-electron chi connectivity index (χ0n) is 24.9. The quantitative estimate of drug-likeness (QED) is 0.147. The van der Waals surface area contributed by atoms with Gasteiger partial charge in [0.1, 0.15) is 40.2 Å². The Bertz CT molecular complexity index is 2050. The van der Waals surface area contributed by atoms with Gasteiger partial charge in [-0.3, -0.25) is 10.2 Å². The highest BCUT2D eigenvalue weighted by Crippen LogP contribution is 2.33. The van der Waals surface area contributed by atoms with E-state index in [-0.39, 0.29) is 51.3 Å². The second-order valence-electron chi connectivity index (χ2n) is 9.86. The first-order chi connectivity index (χ1) is 21.9. The maximum atomic E-state index is 13.4. The van der Waals surface area contributed by atoms with Crippen molar-refractivity contribution in [2.45, 2.75) is 12.7 Å². The molecule has 0 amide bonds. The van der Waals surface area contributed by atoms with Crippen LogP contribution in [0.5, 0.6) is 17.2 Å². The Morgan fingerprint density at radius 2 is 1.83 bits per heavy atom. The number of nitriles is 1. The average Bonchev–Trinajstić information content (AvgIpc) is 3.36. The number of nitrogens with one attached hydrogen (secondary N) is 3. The minimum absolute atomic E-state index is 0.00932. The SMILES string of the molecule is COC(=N)c1cc(Oc2cnc3nc(Nc4cc(C(F)(F)F)cn(C)c4=O)n(C)c3c2C#N)cnc1NCc1ccc(OC)cc1. The van der Waals surface area contributed by atoms with Crippen LogP contribution in [0.25, 0.3) is 11.2 Å². The van der Waals surface area contributed by atoms with Crippen LogP contribution in [0.15, 0.2) is 59.8 Å². The van der Waals surface area contributed by atoms with Crippen LogP contribution in [-0.2, 0) is 31.6 Å². The number of benzene rings is 1. The van der Waals surface area contributed by atoms with Crippen LogP contribution in [0.3, 0.4) is 0 Å². The first-order valence-corrected chi connectivity index (χ1v) is 13.4. The molecule has 5 aromatic rings. The number of halogens is 3. The van der Waals surface area contributed by atoms with Gasteiger partial charge in [0.05, 0.1) is 37.7 Å². The zero-order chi connectivity index (χ0) is 33.2. The number of alkyl halides is 3. The summed E-state index contributed by atoms with van der Waals surface area (Å²) in [5.41, 5.74) is -0.605. The van der Waals surface area contributed by atoms with Crippen molar-refractivity contribution in [3.63, 3.8) is 0 Å². The van der Waals surface area contributed by atoms with E-state index in [9.17, 15) is 23.2 Å². The number of hydrogen-bond donors (Lipinski definition) is 3. The summed E-state index contributed by atoms with van der Waals surface area (Å²) in [6.45, 7) is 0.393. The summed E-state index contributed by atoms with van der Waals surface area (Å²) in [6, 6.07) is 11.7. The number of aryl methyl sites for hydroxylation is 2. The molecule has 0 aliphatic carbocycles. The molecule has 0 radical (unpaired) electrons. The van der Waals surface area contributed by atoms with E-state index in [0.29, 0.717) is 24.6 Å². The molecule has 0 unspecified atom stereocenters. The molecule has 0 bridgehead atoms. The van der Waals surface area contributed by atoms with Crippen molar-refractivity contribution in [1.82, 2.24) is 24.1 Å². The lowest BCUT2D eigenvalue weighted by Crippen LogP contribution is -2.23. The van der Waals surface area contributed by atoms with Crippen LogP contribution in [0.1, 0.15) is 22.3 Å². The summed E-state index contributed by atoms with van der Waals surface area (Å²) in [7, 11) is 5.63. The zero-order valence-corrected chi connectivity index (χ0v) is 24.9. The summed E-state index contributed by atoms with van der Waals surface area (Å²) in [5.74, 6) is 1.04. The lowest BCUT2D eigenvalue weighted by molar-refractivity contribution is -0.138. The third-order valence-electron chi connectivity index (χ3n) is 6.89. The lowest BCUT2D eigenvalue weighted by atomic mass is 10.2. The maximum absolute atomic E-state index is 13.4. The number of fused-ring (bicyclic) bond motifs is 1. The summed E-state index contributed by atoms with van der Waals surface area (Å²) >= 11 is 0. The van der Waals surface area contributed by atoms with E-state index >= 15 is 0 Å². The van der Waals surface area contributed by atoms with E-state index in [1.54, 1.807) is 7.11 Å². The van der Waals surface area contributed by atoms with Crippen molar-refractivity contribution in [2.24, 2.45) is 14.1 Å². The van der Waals surface area contributed by atoms with Crippen LogP contribution in [0.2, 0.25) is 0 Å². The molecule has 0 saturated heterocycles. The Balaban J connectivity index is 1.45. The molecule has 4 heterocycles. The van der Waals surface area contributed by atoms with Crippen molar-refractivity contribution in [3.8, 4) is 23.3 Å². The summed E-state index contributed by atoms with van der Waals surface area (Å²) in [4.78, 5) is 25.5. The number of methoxy groups -OCH3 is 2. The Hall–Kier alpha value is -6.11. The van der Waals surface area contributed by atoms with E-state index in [1.807, 2.05) is 24.3 Å². The third kappa shape index (κ3) is 6.24. The Morgan fingerprint density at radius 1 is 1.09 bits per heavy atom. The standard InChI is InChI=1S/C30H26F3N9O4/c1-41-15-17(30(31,32)33)9-22(28(41)43)39-29-40-27-24(42(29)2)21(11-34)23(14-38-27)46-19-10-20(25(35)45-4)26(37-13-19)36-12-16-5-7-18(44-3)8-6-16/h5-10,13-15,35H,12H2,1-4H3,(H,36,37)(H,38,39,40). The second kappa shape index (κ2) is 12.5. The van der Waals surface area contributed by atoms with Crippen molar-refractivity contribution in [1.29, 1.82) is 10.7 Å². The number of nitrogens with zero attached hydrogens (tertiary/aromatic N) is 6. The van der Waals surface area contributed by atoms with Crippen molar-refractivity contribution < 1.29 is 27.4 Å². The van der Waals surface area contributed by atoms with Crippen LogP contribution in [0.4, 0.5) is 30.6 Å². The maximum Gasteiger partial charge on any atom is 0.417 e. The third-order valence-corrected chi connectivity index (χ3v) is 6.89. The molecule has 46 heavy (non-hydrogen) atoms. The van der Waals surface area contributed by atoms with Gasteiger partial charge in [0, 0.05) is 26.8 Å². The van der Waals surface area contributed by atoms with Crippen LogP contribution in [-0.4, -0.2) is 44.2 Å². The normalized spacial score (nSPS) is 11.2. The van der Waals surface area contributed by atoms with Gasteiger partial charge in [-0.15, -0.1) is 0 Å². The first kappa shape index (κ1) is 31.3. The van der Waals surface area contributed by atoms with Gasteiger partial charge in [-0.2, -0.15) is 23.4 Å². The molecule has 0 fully saturated rings. The highest BCUT2D eigenvalue weighted by Gasteiger charge is 2.32. The van der Waals surface area contributed by atoms with E-state index in [0.717, 1.165) is 15.9 Å². The summed E-state index contributed by atoms with van der Waals surface area (Å²) < 4.78 is 58.6. The average molecular weight is 634 g/mol. The topological polar surface area (TPSA) is 165 Å². The lowest BCUT2D eigenvalue weighted by Gasteiger charge is -2.14. The van der Waals surface area contributed by atoms with Crippen LogP contribution < -0.4 is 25.7 Å². The molecule has 0 atom stereocenters. The number of ether oxygens (including phenoxy) is 3. The molecule has 16 heteroatoms. The molecule has 4 aromatic heterocycles. The fourth-order valence-corrected chi connectivity index (χ4v) is 4.51. The summed E-state index contributed by atoms with van der Waals surface area (Å²) in [5, 5.41) is 24.2. The van der Waals surface area contributed by atoms with Gasteiger partial charge in [-0.25, -0.2) is 9.97 Å². The molecule has 236 valence electrons. The molecule has 0 aliphatic rings. The Labute approximate surface area is 259 Å². The van der Waals surface area contributed by atoms with Crippen molar-refractivity contribution in [3.05, 3.63) is 87.6 Å². The molecule has 0 aliphatic heterocycles. The number of imidazole rings is 1. The molecule has 0 spiro atoms. The van der Waals surface area contributed by atoms with Crippen molar-refractivity contribution in [2.75, 3.05) is 24.9 Å². The second-order valence-corrected chi connectivity index (χ2v) is 9.86. The van der Waals surface area contributed by atoms with Gasteiger partial charge in [-0.1, -0.05) is 12.1 Å². The highest BCUT2D eigenvalue weighted by molar-refractivity contribution is 5.96. The van der Waals surface area contributed by atoms with Gasteiger partial charge >= 0.3 is 6.18 Å². The number of anilines is 3. The molecule has 1 aromatic carbocycles. The highest BCUT2D eigenvalue weighted by atomic mass is 19.4. The van der Waals surface area contributed by atoms with E-state index in [2.05, 4.69) is 31.7 Å². The smallest absolute Gasteiger partial charge is 0.417 e. The fourth-order valence-electron chi connectivity index (χ4n) is 4.51. The van der Waals surface area contributed by atoms with Crippen molar-refractivity contribution >= 4 is 34.5 Å². The molecule has 0 saturated carbocycles. The fraction of sp³-hybridized carbons (Fsp3) is 0.200. The monoisotopic (exact) mass is 633 g/mol. The van der Waals surface area contributed by atoms with E-state index < -0.39 is 17.3 Å². The predicted octanol–water partition coefficient (Wildman–Crippen LogP) is 5.08. The van der Waals surface area contributed by atoms with Gasteiger partial charge in [-0.05, 0) is 29.8 Å². The van der Waals surface area contributed by atoms with E-state index in [1.165, 1.54) is 44.2 Å². The first-order valence-electron chi connectivity index (χ1n) is 13.4. The molecule has 3 N–H and O–H groups in total. The summed E-state index contributed by atoms with van der Waals surface area (Å²) in [6.07, 6.45) is -1.33. The Kier molecular flexibility index (Phi) is 8.50. The minimum Gasteiger partial charge on any atom is -0.497 e. The largest absolute Gasteiger partial charge is 0.497 e. The van der Waals surface area contributed by atoms with Gasteiger partial charge < -0.3 is 34.0 Å².